The van der Waals surface area contributed by atoms with Crippen molar-refractivity contribution in [3.8, 4) is 0 Å². The van der Waals surface area contributed by atoms with E-state index < -0.39 is 0 Å². The summed E-state index contributed by atoms with van der Waals surface area (Å²) < 4.78 is 5.59. The van der Waals surface area contributed by atoms with Crippen molar-refractivity contribution in [3.05, 3.63) is 0 Å². The quantitative estimate of drug-likeness (QED) is 0.461. The first-order valence-electron chi connectivity index (χ1n) is 8.45. The van der Waals surface area contributed by atoms with E-state index in [4.69, 9.17) is 10.5 Å². The van der Waals surface area contributed by atoms with Crippen molar-refractivity contribution >= 4 is 5.96 Å². The zero-order chi connectivity index (χ0) is 15.1. The Morgan fingerprint density at radius 3 is 2.52 bits per heavy atom. The zero-order valence-corrected chi connectivity index (χ0v) is 13.7. The molecule has 1 saturated carbocycles. The van der Waals surface area contributed by atoms with Crippen LogP contribution in [-0.2, 0) is 4.74 Å². The molecular formula is C16H32N4O. The molecule has 1 heterocycles. The van der Waals surface area contributed by atoms with Gasteiger partial charge in [-0.15, -0.1) is 0 Å². The van der Waals surface area contributed by atoms with Gasteiger partial charge < -0.3 is 20.7 Å². The molecule has 1 saturated heterocycles. The summed E-state index contributed by atoms with van der Waals surface area (Å²) in [7, 11) is 4.35. The van der Waals surface area contributed by atoms with E-state index in [2.05, 4.69) is 29.3 Å². The lowest BCUT2D eigenvalue weighted by atomic mass is 9.89. The lowest BCUT2D eigenvalue weighted by molar-refractivity contribution is 0.113. The highest BCUT2D eigenvalue weighted by molar-refractivity contribution is 5.77. The number of aliphatic imine (C=N–C) groups is 1. The molecule has 0 aromatic carbocycles. The fourth-order valence-electron chi connectivity index (χ4n) is 3.45. The first kappa shape index (κ1) is 16.6. The second-order valence-corrected chi connectivity index (χ2v) is 6.75. The third kappa shape index (κ3) is 4.85. The van der Waals surface area contributed by atoms with Crippen molar-refractivity contribution in [2.75, 3.05) is 33.8 Å². The highest BCUT2D eigenvalue weighted by Gasteiger charge is 2.32. The van der Waals surface area contributed by atoms with Crippen LogP contribution in [0.4, 0.5) is 0 Å². The van der Waals surface area contributed by atoms with Crippen LogP contribution in [0.15, 0.2) is 4.99 Å². The van der Waals surface area contributed by atoms with Gasteiger partial charge in [-0.3, -0.25) is 4.99 Å². The van der Waals surface area contributed by atoms with Gasteiger partial charge in [-0.05, 0) is 39.8 Å². The summed E-state index contributed by atoms with van der Waals surface area (Å²) in [6.45, 7) is 2.46. The summed E-state index contributed by atoms with van der Waals surface area (Å²) in [5, 5.41) is 3.22. The second kappa shape index (κ2) is 7.99. The molecule has 0 spiro atoms. The Kier molecular flexibility index (Phi) is 6.30. The molecule has 2 aliphatic rings. The van der Waals surface area contributed by atoms with Crippen LogP contribution in [-0.4, -0.2) is 56.3 Å². The van der Waals surface area contributed by atoms with Crippen LogP contribution >= 0.6 is 0 Å². The van der Waals surface area contributed by atoms with Crippen LogP contribution in [0.2, 0.25) is 0 Å². The summed E-state index contributed by atoms with van der Waals surface area (Å²) in [6.07, 6.45) is 10.4. The van der Waals surface area contributed by atoms with Gasteiger partial charge in [-0.1, -0.05) is 25.7 Å². The normalized spacial score (nSPS) is 26.8. The average Bonchev–Trinajstić information content (AvgIpc) is 2.87. The molecule has 3 N–H and O–H groups in total. The van der Waals surface area contributed by atoms with E-state index in [1.165, 1.54) is 38.5 Å². The van der Waals surface area contributed by atoms with Gasteiger partial charge in [-0.25, -0.2) is 0 Å². The summed E-state index contributed by atoms with van der Waals surface area (Å²) in [6, 6.07) is 0. The van der Waals surface area contributed by atoms with Gasteiger partial charge in [0.1, 0.15) is 0 Å². The minimum Gasteiger partial charge on any atom is -0.376 e. The van der Waals surface area contributed by atoms with E-state index in [0.29, 0.717) is 12.1 Å². The van der Waals surface area contributed by atoms with Crippen molar-refractivity contribution in [1.29, 1.82) is 0 Å². The number of likely N-dealkylation sites (N-methyl/N-ethyl adjacent to an activating group) is 1. The molecule has 1 atom stereocenters. The van der Waals surface area contributed by atoms with Crippen molar-refractivity contribution < 1.29 is 4.74 Å². The maximum Gasteiger partial charge on any atom is 0.188 e. The van der Waals surface area contributed by atoms with Crippen molar-refractivity contribution in [2.24, 2.45) is 10.7 Å². The monoisotopic (exact) mass is 296 g/mol. The molecule has 1 unspecified atom stereocenters. The van der Waals surface area contributed by atoms with Gasteiger partial charge in [0.2, 0.25) is 0 Å². The maximum absolute atomic E-state index is 6.03. The topological polar surface area (TPSA) is 62.9 Å². The van der Waals surface area contributed by atoms with E-state index in [1.807, 2.05) is 0 Å². The van der Waals surface area contributed by atoms with Crippen LogP contribution in [0.5, 0.6) is 0 Å². The van der Waals surface area contributed by atoms with Gasteiger partial charge in [0, 0.05) is 18.7 Å². The number of rotatable bonds is 5. The zero-order valence-electron chi connectivity index (χ0n) is 13.7. The predicted molar refractivity (Wildman–Crippen MR) is 87.6 cm³/mol. The summed E-state index contributed by atoms with van der Waals surface area (Å²) >= 11 is 0. The minimum atomic E-state index is 0.187. The van der Waals surface area contributed by atoms with E-state index >= 15 is 0 Å². The number of guanidine groups is 1. The van der Waals surface area contributed by atoms with Crippen LogP contribution in [0.25, 0.3) is 0 Å². The number of hydrogen-bond donors (Lipinski definition) is 2. The van der Waals surface area contributed by atoms with Crippen LogP contribution in [0, 0.1) is 0 Å². The fraction of sp³-hybridized carbons (Fsp3) is 0.938. The van der Waals surface area contributed by atoms with Gasteiger partial charge in [0.05, 0.1) is 12.6 Å². The molecule has 0 aromatic rings. The van der Waals surface area contributed by atoms with Crippen molar-refractivity contribution in [2.45, 2.75) is 63.0 Å². The Labute approximate surface area is 129 Å². The molecule has 5 nitrogen and oxygen atoms in total. The van der Waals surface area contributed by atoms with Crippen LogP contribution in [0.1, 0.15) is 51.4 Å². The molecule has 0 amide bonds. The van der Waals surface area contributed by atoms with E-state index in [-0.39, 0.29) is 5.54 Å². The Morgan fingerprint density at radius 1 is 1.24 bits per heavy atom. The van der Waals surface area contributed by atoms with Crippen LogP contribution in [0.3, 0.4) is 0 Å². The molecular weight excluding hydrogens is 264 g/mol. The number of nitrogens with one attached hydrogen (secondary N) is 1. The summed E-state index contributed by atoms with van der Waals surface area (Å²) in [4.78, 5) is 6.99. The standard InChI is InChI=1S/C16H32N4O/c1-20(2)16(9-5-3-4-6-10-16)13-19-15(17)18-12-14-8-7-11-21-14/h14H,3-13H2,1-2H3,(H3,17,18,19). The second-order valence-electron chi connectivity index (χ2n) is 6.75. The Balaban J connectivity index is 1.85. The van der Waals surface area contributed by atoms with E-state index in [1.54, 1.807) is 0 Å². The minimum absolute atomic E-state index is 0.187. The molecule has 122 valence electrons. The van der Waals surface area contributed by atoms with Crippen molar-refractivity contribution in [1.82, 2.24) is 10.2 Å². The first-order valence-corrected chi connectivity index (χ1v) is 8.45. The van der Waals surface area contributed by atoms with Crippen LogP contribution < -0.4 is 11.1 Å². The number of ether oxygens (including phenoxy) is 1. The van der Waals surface area contributed by atoms with Gasteiger partial charge in [0.25, 0.3) is 0 Å². The van der Waals surface area contributed by atoms with Gasteiger partial charge in [0.15, 0.2) is 5.96 Å². The first-order chi connectivity index (χ1) is 10.1. The lowest BCUT2D eigenvalue weighted by Gasteiger charge is -2.38. The average molecular weight is 296 g/mol. The molecule has 1 aliphatic carbocycles. The highest BCUT2D eigenvalue weighted by atomic mass is 16.5. The Hall–Kier alpha value is -0.810. The number of hydrogen-bond acceptors (Lipinski definition) is 3. The SMILES string of the molecule is CN(C)C1(CN=C(N)NCC2CCCO2)CCCCCC1. The van der Waals surface area contributed by atoms with Gasteiger partial charge >= 0.3 is 0 Å². The Bertz CT molecular complexity index is 329. The molecule has 21 heavy (non-hydrogen) atoms. The van der Waals surface area contributed by atoms with Crippen molar-refractivity contribution in [3.63, 3.8) is 0 Å². The molecule has 2 fully saturated rings. The molecule has 0 aromatic heterocycles. The smallest absolute Gasteiger partial charge is 0.188 e. The fourth-order valence-corrected chi connectivity index (χ4v) is 3.45. The largest absolute Gasteiger partial charge is 0.376 e. The third-order valence-electron chi connectivity index (χ3n) is 5.06. The molecule has 2 rings (SSSR count). The molecule has 5 heteroatoms. The van der Waals surface area contributed by atoms with E-state index in [9.17, 15) is 0 Å². The number of nitrogens with two attached hydrogens (primary N) is 1. The molecule has 0 radical (unpaired) electrons. The highest BCUT2D eigenvalue weighted by Crippen LogP contribution is 2.31. The van der Waals surface area contributed by atoms with Gasteiger partial charge in [-0.2, -0.15) is 0 Å². The molecule has 0 bridgehead atoms. The van der Waals surface area contributed by atoms with E-state index in [0.717, 1.165) is 32.5 Å². The predicted octanol–water partition coefficient (Wildman–Crippen LogP) is 1.72. The Morgan fingerprint density at radius 2 is 1.95 bits per heavy atom. The maximum atomic E-state index is 6.03. The number of nitrogens with zero attached hydrogens (tertiary/aromatic N) is 2. The summed E-state index contributed by atoms with van der Waals surface area (Å²) in [5.74, 6) is 0.566. The summed E-state index contributed by atoms with van der Waals surface area (Å²) in [5.41, 5.74) is 6.22. The lowest BCUT2D eigenvalue weighted by Crippen LogP contribution is -2.48. The molecule has 1 aliphatic heterocycles. The third-order valence-corrected chi connectivity index (χ3v) is 5.06.